The molecule has 2 aliphatic rings. The summed E-state index contributed by atoms with van der Waals surface area (Å²) in [6, 6.07) is 11.7. The monoisotopic (exact) mass is 272 g/mol. The highest BCUT2D eigenvalue weighted by Crippen LogP contribution is 2.36. The van der Waals surface area contributed by atoms with Crippen molar-refractivity contribution in [1.82, 2.24) is 4.90 Å². The van der Waals surface area contributed by atoms with E-state index in [0.29, 0.717) is 5.92 Å². The van der Waals surface area contributed by atoms with E-state index in [-0.39, 0.29) is 0 Å². The van der Waals surface area contributed by atoms with Crippen LogP contribution < -0.4 is 5.73 Å². The van der Waals surface area contributed by atoms with E-state index < -0.39 is 0 Å². The molecule has 0 amide bonds. The minimum Gasteiger partial charge on any atom is -0.330 e. The lowest BCUT2D eigenvalue weighted by molar-refractivity contribution is 0.0563. The number of fused-ring (bicyclic) bond motifs is 1. The fourth-order valence-corrected chi connectivity index (χ4v) is 4.28. The van der Waals surface area contributed by atoms with Crippen molar-refractivity contribution in [2.24, 2.45) is 11.7 Å². The number of hydrogen-bond donors (Lipinski definition) is 1. The molecule has 1 saturated heterocycles. The van der Waals surface area contributed by atoms with Gasteiger partial charge in [-0.25, -0.2) is 0 Å². The maximum Gasteiger partial charge on any atom is 0.0124 e. The van der Waals surface area contributed by atoms with E-state index in [1.54, 1.807) is 0 Å². The van der Waals surface area contributed by atoms with Crippen molar-refractivity contribution >= 4 is 0 Å². The van der Waals surface area contributed by atoms with Crippen LogP contribution in [0.3, 0.4) is 0 Å². The van der Waals surface area contributed by atoms with Crippen molar-refractivity contribution in [3.05, 3.63) is 35.9 Å². The Balaban J connectivity index is 1.68. The smallest absolute Gasteiger partial charge is 0.0124 e. The van der Waals surface area contributed by atoms with E-state index in [4.69, 9.17) is 5.73 Å². The van der Waals surface area contributed by atoms with Gasteiger partial charge in [0.05, 0.1) is 0 Å². The van der Waals surface area contributed by atoms with Crippen molar-refractivity contribution in [1.29, 1.82) is 0 Å². The number of piperidine rings is 1. The highest BCUT2D eigenvalue weighted by molar-refractivity contribution is 5.20. The normalized spacial score (nSPS) is 28.9. The molecule has 110 valence electrons. The minimum absolute atomic E-state index is 0.497. The number of nitrogens with two attached hydrogens (primary N) is 1. The van der Waals surface area contributed by atoms with Gasteiger partial charge < -0.3 is 5.73 Å². The van der Waals surface area contributed by atoms with E-state index in [2.05, 4.69) is 35.2 Å². The van der Waals surface area contributed by atoms with E-state index in [0.717, 1.165) is 25.0 Å². The molecule has 2 N–H and O–H groups in total. The number of likely N-dealkylation sites (tertiary alicyclic amines) is 1. The van der Waals surface area contributed by atoms with Gasteiger partial charge in [0.25, 0.3) is 0 Å². The lowest BCUT2D eigenvalue weighted by Crippen LogP contribution is -2.48. The average molecular weight is 272 g/mol. The van der Waals surface area contributed by atoms with Gasteiger partial charge in [0.15, 0.2) is 0 Å². The molecule has 2 nitrogen and oxygen atoms in total. The van der Waals surface area contributed by atoms with Gasteiger partial charge in [-0.3, -0.25) is 4.90 Å². The van der Waals surface area contributed by atoms with Gasteiger partial charge >= 0.3 is 0 Å². The highest BCUT2D eigenvalue weighted by atomic mass is 15.2. The summed E-state index contributed by atoms with van der Waals surface area (Å²) in [5.74, 6) is 1.46. The lowest BCUT2D eigenvalue weighted by Gasteiger charge is -2.45. The summed E-state index contributed by atoms with van der Waals surface area (Å²) in [5.41, 5.74) is 7.47. The molecule has 2 heteroatoms. The number of benzene rings is 1. The molecule has 0 radical (unpaired) electrons. The summed E-state index contributed by atoms with van der Waals surface area (Å²) < 4.78 is 0. The summed E-state index contributed by atoms with van der Waals surface area (Å²) in [5, 5.41) is 0. The predicted octanol–water partition coefficient (Wildman–Crippen LogP) is 3.38. The first-order valence-corrected chi connectivity index (χ1v) is 8.37. The minimum atomic E-state index is 0.497. The Kier molecular flexibility index (Phi) is 4.74. The van der Waals surface area contributed by atoms with Crippen LogP contribution in [0.2, 0.25) is 0 Å². The van der Waals surface area contributed by atoms with Crippen LogP contribution in [-0.4, -0.2) is 30.6 Å². The van der Waals surface area contributed by atoms with Crippen LogP contribution in [-0.2, 0) is 0 Å². The predicted molar refractivity (Wildman–Crippen MR) is 84.8 cm³/mol. The quantitative estimate of drug-likeness (QED) is 0.910. The van der Waals surface area contributed by atoms with E-state index in [1.165, 1.54) is 50.6 Å². The van der Waals surface area contributed by atoms with Crippen LogP contribution in [0.25, 0.3) is 0 Å². The molecular weight excluding hydrogens is 244 g/mol. The summed E-state index contributed by atoms with van der Waals surface area (Å²) in [4.78, 5) is 2.76. The highest BCUT2D eigenvalue weighted by Gasteiger charge is 2.33. The second kappa shape index (κ2) is 6.73. The zero-order chi connectivity index (χ0) is 13.8. The molecule has 1 aromatic carbocycles. The van der Waals surface area contributed by atoms with Crippen molar-refractivity contribution in [3.8, 4) is 0 Å². The summed E-state index contributed by atoms with van der Waals surface area (Å²) in [6.07, 6.45) is 8.59. The molecule has 20 heavy (non-hydrogen) atoms. The molecule has 1 saturated carbocycles. The van der Waals surface area contributed by atoms with Crippen molar-refractivity contribution < 1.29 is 0 Å². The first kappa shape index (κ1) is 14.1. The molecular formula is C18H28N2. The van der Waals surface area contributed by atoms with E-state index in [9.17, 15) is 0 Å². The molecule has 1 aliphatic heterocycles. The third-order valence-corrected chi connectivity index (χ3v) is 5.37. The fourth-order valence-electron chi connectivity index (χ4n) is 4.28. The van der Waals surface area contributed by atoms with Crippen molar-refractivity contribution in [2.45, 2.75) is 50.5 Å². The maximum absolute atomic E-state index is 6.06. The van der Waals surface area contributed by atoms with Gasteiger partial charge in [-0.1, -0.05) is 43.2 Å². The van der Waals surface area contributed by atoms with E-state index in [1.807, 2.05) is 0 Å². The summed E-state index contributed by atoms with van der Waals surface area (Å²) in [6.45, 7) is 3.20. The van der Waals surface area contributed by atoms with Crippen LogP contribution in [0.5, 0.6) is 0 Å². The molecule has 0 bridgehead atoms. The van der Waals surface area contributed by atoms with Gasteiger partial charge in [0, 0.05) is 25.0 Å². The Morgan fingerprint density at radius 2 is 1.80 bits per heavy atom. The Hall–Kier alpha value is -0.860. The number of hydrogen-bond acceptors (Lipinski definition) is 2. The first-order chi connectivity index (χ1) is 9.88. The van der Waals surface area contributed by atoms with Gasteiger partial charge in [0.2, 0.25) is 0 Å². The number of nitrogens with zero attached hydrogens (tertiary/aromatic N) is 1. The molecule has 1 heterocycles. The standard InChI is InChI=1S/C18H28N2/c19-13-17(15-7-2-1-3-8-15)14-20-12-6-10-16-9-4-5-11-18(16)20/h1-3,7-8,16-18H,4-6,9-14,19H2. The molecule has 1 aromatic rings. The Bertz CT molecular complexity index is 401. The molecule has 3 rings (SSSR count). The van der Waals surface area contributed by atoms with Crippen LogP contribution in [0.1, 0.15) is 50.0 Å². The third kappa shape index (κ3) is 3.07. The number of rotatable bonds is 4. The summed E-state index contributed by atoms with van der Waals surface area (Å²) in [7, 11) is 0. The zero-order valence-corrected chi connectivity index (χ0v) is 12.5. The molecule has 1 aliphatic carbocycles. The van der Waals surface area contributed by atoms with Gasteiger partial charge in [-0.2, -0.15) is 0 Å². The average Bonchev–Trinajstić information content (AvgIpc) is 2.53. The van der Waals surface area contributed by atoms with Crippen LogP contribution in [0, 0.1) is 5.92 Å². The Morgan fingerprint density at radius 3 is 2.60 bits per heavy atom. The van der Waals surface area contributed by atoms with Gasteiger partial charge in [-0.05, 0) is 43.7 Å². The molecule has 0 aromatic heterocycles. The maximum atomic E-state index is 6.06. The van der Waals surface area contributed by atoms with Crippen LogP contribution in [0.4, 0.5) is 0 Å². The Labute approximate surface area is 123 Å². The summed E-state index contributed by atoms with van der Waals surface area (Å²) >= 11 is 0. The SMILES string of the molecule is NCC(CN1CCCC2CCCCC21)c1ccccc1. The fraction of sp³-hybridized carbons (Fsp3) is 0.667. The molecule has 0 spiro atoms. The van der Waals surface area contributed by atoms with Gasteiger partial charge in [0.1, 0.15) is 0 Å². The first-order valence-electron chi connectivity index (χ1n) is 8.37. The largest absolute Gasteiger partial charge is 0.330 e. The lowest BCUT2D eigenvalue weighted by atomic mass is 9.78. The second-order valence-electron chi connectivity index (χ2n) is 6.59. The Morgan fingerprint density at radius 1 is 1.05 bits per heavy atom. The van der Waals surface area contributed by atoms with Crippen molar-refractivity contribution in [3.63, 3.8) is 0 Å². The second-order valence-corrected chi connectivity index (χ2v) is 6.59. The molecule has 3 unspecified atom stereocenters. The molecule has 2 fully saturated rings. The van der Waals surface area contributed by atoms with Crippen LogP contribution in [0.15, 0.2) is 30.3 Å². The molecule has 3 atom stereocenters. The van der Waals surface area contributed by atoms with E-state index >= 15 is 0 Å². The van der Waals surface area contributed by atoms with Crippen molar-refractivity contribution in [2.75, 3.05) is 19.6 Å². The van der Waals surface area contributed by atoms with Crippen LogP contribution >= 0.6 is 0 Å². The third-order valence-electron chi connectivity index (χ3n) is 5.37. The zero-order valence-electron chi connectivity index (χ0n) is 12.5. The van der Waals surface area contributed by atoms with Gasteiger partial charge in [-0.15, -0.1) is 0 Å². The topological polar surface area (TPSA) is 29.3 Å².